The normalized spacial score (nSPS) is 23.6. The minimum Gasteiger partial charge on any atom is -0.497 e. The van der Waals surface area contributed by atoms with E-state index in [1.54, 1.807) is 7.11 Å². The number of hydrogen-bond donors (Lipinski definition) is 1. The van der Waals surface area contributed by atoms with Gasteiger partial charge >= 0.3 is 0 Å². The zero-order valence-corrected chi connectivity index (χ0v) is 13.4. The molecule has 1 aliphatic carbocycles. The van der Waals surface area contributed by atoms with Gasteiger partial charge in [-0.05, 0) is 49.2 Å². The van der Waals surface area contributed by atoms with E-state index in [1.807, 2.05) is 31.2 Å². The summed E-state index contributed by atoms with van der Waals surface area (Å²) in [5.74, 6) is 0.876. The molecule has 0 saturated heterocycles. The average molecular weight is 297 g/mol. The van der Waals surface area contributed by atoms with Crippen LogP contribution in [0.5, 0.6) is 5.75 Å². The molecule has 1 N–H and O–H groups in total. The van der Waals surface area contributed by atoms with Crippen molar-refractivity contribution < 1.29 is 9.84 Å². The maximum Gasteiger partial charge on any atom is 0.118 e. The second kappa shape index (κ2) is 5.75. The minimum atomic E-state index is -0.741. The highest BCUT2D eigenvalue weighted by atomic mass is 16.5. The minimum absolute atomic E-state index is 0.244. The summed E-state index contributed by atoms with van der Waals surface area (Å²) >= 11 is 0. The number of methoxy groups -OCH3 is 1. The Morgan fingerprint density at radius 3 is 2.55 bits per heavy atom. The first kappa shape index (κ1) is 15.1. The second-order valence-electron chi connectivity index (χ2n) is 6.34. The molecular weight excluding hydrogens is 274 g/mol. The molecule has 0 fully saturated rings. The molecule has 0 amide bonds. The summed E-state index contributed by atoms with van der Waals surface area (Å²) < 4.78 is 5.20. The molecule has 22 heavy (non-hydrogen) atoms. The molecule has 0 aliphatic heterocycles. The van der Waals surface area contributed by atoms with Gasteiger partial charge < -0.3 is 9.84 Å². The third kappa shape index (κ3) is 2.74. The predicted octanol–water partition coefficient (Wildman–Crippen LogP) is 3.48. The SMILES string of the molecule is COc1ccc(CN(C)C2CC(C)(O)c3ccccc32)cc1. The van der Waals surface area contributed by atoms with Gasteiger partial charge in [0.25, 0.3) is 0 Å². The Bertz CT molecular complexity index is 649. The third-order valence-electron chi connectivity index (χ3n) is 4.61. The molecule has 116 valence electrons. The van der Waals surface area contributed by atoms with Gasteiger partial charge in [-0.2, -0.15) is 0 Å². The Kier molecular flexibility index (Phi) is 3.94. The Balaban J connectivity index is 1.79. The number of benzene rings is 2. The molecule has 0 spiro atoms. The molecule has 2 atom stereocenters. The van der Waals surface area contributed by atoms with Crippen LogP contribution in [0.15, 0.2) is 48.5 Å². The Hall–Kier alpha value is -1.84. The first-order chi connectivity index (χ1) is 10.5. The van der Waals surface area contributed by atoms with Crippen molar-refractivity contribution in [2.24, 2.45) is 0 Å². The smallest absolute Gasteiger partial charge is 0.118 e. The Labute approximate surface area is 132 Å². The molecule has 3 nitrogen and oxygen atoms in total. The van der Waals surface area contributed by atoms with E-state index < -0.39 is 5.60 Å². The van der Waals surface area contributed by atoms with Gasteiger partial charge in [0.2, 0.25) is 0 Å². The molecule has 2 unspecified atom stereocenters. The van der Waals surface area contributed by atoms with Crippen LogP contribution in [0.4, 0.5) is 0 Å². The lowest BCUT2D eigenvalue weighted by atomic mass is 9.99. The van der Waals surface area contributed by atoms with Crippen LogP contribution in [0.3, 0.4) is 0 Å². The van der Waals surface area contributed by atoms with Gasteiger partial charge in [0, 0.05) is 12.6 Å². The van der Waals surface area contributed by atoms with Gasteiger partial charge in [0.05, 0.1) is 12.7 Å². The van der Waals surface area contributed by atoms with Gasteiger partial charge in [-0.15, -0.1) is 0 Å². The lowest BCUT2D eigenvalue weighted by Gasteiger charge is -2.26. The van der Waals surface area contributed by atoms with Crippen LogP contribution in [0, 0.1) is 0 Å². The molecule has 2 aromatic carbocycles. The molecule has 0 bridgehead atoms. The van der Waals surface area contributed by atoms with E-state index in [2.05, 4.69) is 36.2 Å². The van der Waals surface area contributed by atoms with Crippen LogP contribution in [-0.2, 0) is 12.1 Å². The fourth-order valence-electron chi connectivity index (χ4n) is 3.40. The van der Waals surface area contributed by atoms with Crippen LogP contribution in [0.1, 0.15) is 36.1 Å². The van der Waals surface area contributed by atoms with E-state index in [-0.39, 0.29) is 6.04 Å². The first-order valence-electron chi connectivity index (χ1n) is 7.66. The van der Waals surface area contributed by atoms with Crippen molar-refractivity contribution in [3.8, 4) is 5.75 Å². The van der Waals surface area contributed by atoms with Crippen molar-refractivity contribution in [1.82, 2.24) is 4.90 Å². The summed E-state index contributed by atoms with van der Waals surface area (Å²) in [6, 6.07) is 16.6. The molecule has 1 aliphatic rings. The van der Waals surface area contributed by atoms with E-state index in [1.165, 1.54) is 11.1 Å². The number of ether oxygens (including phenoxy) is 1. The Morgan fingerprint density at radius 2 is 1.86 bits per heavy atom. The lowest BCUT2D eigenvalue weighted by molar-refractivity contribution is 0.0365. The summed E-state index contributed by atoms with van der Waals surface area (Å²) in [5, 5.41) is 10.7. The zero-order chi connectivity index (χ0) is 15.7. The monoisotopic (exact) mass is 297 g/mol. The fourth-order valence-corrected chi connectivity index (χ4v) is 3.40. The van der Waals surface area contributed by atoms with Crippen molar-refractivity contribution in [1.29, 1.82) is 0 Å². The van der Waals surface area contributed by atoms with Crippen LogP contribution in [-0.4, -0.2) is 24.2 Å². The summed E-state index contributed by atoms with van der Waals surface area (Å²) in [6.45, 7) is 2.76. The molecule has 3 heteroatoms. The number of hydrogen-bond acceptors (Lipinski definition) is 3. The van der Waals surface area contributed by atoms with Gasteiger partial charge in [0.1, 0.15) is 5.75 Å². The van der Waals surface area contributed by atoms with Crippen molar-refractivity contribution in [2.75, 3.05) is 14.2 Å². The molecule has 0 radical (unpaired) electrons. The fraction of sp³-hybridized carbons (Fsp3) is 0.368. The van der Waals surface area contributed by atoms with Gasteiger partial charge in [-0.25, -0.2) is 0 Å². The summed E-state index contributed by atoms with van der Waals surface area (Å²) in [4.78, 5) is 2.31. The van der Waals surface area contributed by atoms with Crippen LogP contribution >= 0.6 is 0 Å². The van der Waals surface area contributed by atoms with Gasteiger partial charge in [-0.3, -0.25) is 4.90 Å². The maximum absolute atomic E-state index is 10.7. The Morgan fingerprint density at radius 1 is 1.18 bits per heavy atom. The quantitative estimate of drug-likeness (QED) is 0.938. The van der Waals surface area contributed by atoms with E-state index >= 15 is 0 Å². The number of rotatable bonds is 4. The van der Waals surface area contributed by atoms with Crippen molar-refractivity contribution in [2.45, 2.75) is 31.5 Å². The topological polar surface area (TPSA) is 32.7 Å². The second-order valence-corrected chi connectivity index (χ2v) is 6.34. The zero-order valence-electron chi connectivity index (χ0n) is 13.4. The van der Waals surface area contributed by atoms with E-state index in [0.29, 0.717) is 0 Å². The molecule has 3 rings (SSSR count). The van der Waals surface area contributed by atoms with Crippen LogP contribution in [0.2, 0.25) is 0 Å². The summed E-state index contributed by atoms with van der Waals surface area (Å²) in [7, 11) is 3.80. The standard InChI is InChI=1S/C19H23NO2/c1-19(21)12-18(16-6-4-5-7-17(16)19)20(2)13-14-8-10-15(22-3)11-9-14/h4-11,18,21H,12-13H2,1-3H3. The lowest BCUT2D eigenvalue weighted by Crippen LogP contribution is -2.25. The first-order valence-corrected chi connectivity index (χ1v) is 7.66. The summed E-state index contributed by atoms with van der Waals surface area (Å²) in [6.07, 6.45) is 0.735. The predicted molar refractivity (Wildman–Crippen MR) is 87.8 cm³/mol. The highest BCUT2D eigenvalue weighted by Gasteiger charge is 2.39. The van der Waals surface area contributed by atoms with Crippen LogP contribution < -0.4 is 4.74 Å². The largest absolute Gasteiger partial charge is 0.497 e. The number of aliphatic hydroxyl groups is 1. The van der Waals surface area contributed by atoms with E-state index in [0.717, 1.165) is 24.3 Å². The van der Waals surface area contributed by atoms with Crippen LogP contribution in [0.25, 0.3) is 0 Å². The maximum atomic E-state index is 10.7. The third-order valence-corrected chi connectivity index (χ3v) is 4.61. The van der Waals surface area contributed by atoms with Crippen molar-refractivity contribution >= 4 is 0 Å². The molecular formula is C19H23NO2. The average Bonchev–Trinajstić information content (AvgIpc) is 2.80. The molecule has 2 aromatic rings. The highest BCUT2D eigenvalue weighted by Crippen LogP contribution is 2.45. The molecule has 0 heterocycles. The highest BCUT2D eigenvalue weighted by molar-refractivity contribution is 5.39. The summed E-state index contributed by atoms with van der Waals surface area (Å²) in [5.41, 5.74) is 2.80. The van der Waals surface area contributed by atoms with Crippen molar-refractivity contribution in [3.63, 3.8) is 0 Å². The van der Waals surface area contributed by atoms with Gasteiger partial charge in [0.15, 0.2) is 0 Å². The number of nitrogens with zero attached hydrogens (tertiary/aromatic N) is 1. The molecule has 0 aromatic heterocycles. The number of fused-ring (bicyclic) bond motifs is 1. The van der Waals surface area contributed by atoms with E-state index in [4.69, 9.17) is 4.74 Å². The van der Waals surface area contributed by atoms with Crippen molar-refractivity contribution in [3.05, 3.63) is 65.2 Å². The van der Waals surface area contributed by atoms with Gasteiger partial charge in [-0.1, -0.05) is 36.4 Å². The molecule has 0 saturated carbocycles. The van der Waals surface area contributed by atoms with E-state index in [9.17, 15) is 5.11 Å².